The van der Waals surface area contributed by atoms with Gasteiger partial charge in [0.15, 0.2) is 0 Å². The molecule has 1 atom stereocenters. The normalized spacial score (nSPS) is 11.5. The topological polar surface area (TPSA) is 78.9 Å². The summed E-state index contributed by atoms with van der Waals surface area (Å²) in [5, 5.41) is 0. The van der Waals surface area contributed by atoms with Crippen LogP contribution in [-0.4, -0.2) is 37.7 Å². The molecular formula is C22H38O6. The number of rotatable bonds is 17. The Bertz CT molecular complexity index is 472. The lowest BCUT2D eigenvalue weighted by Crippen LogP contribution is -2.13. The maximum absolute atomic E-state index is 11.8. The quantitative estimate of drug-likeness (QED) is 0.152. The highest BCUT2D eigenvalue weighted by atomic mass is 16.5. The number of carbonyl (C=O) groups is 3. The van der Waals surface area contributed by atoms with Crippen molar-refractivity contribution >= 4 is 17.9 Å². The van der Waals surface area contributed by atoms with Gasteiger partial charge in [0.05, 0.1) is 19.8 Å². The number of unbranched alkanes of at least 4 members (excludes halogenated alkanes) is 3. The fraction of sp³-hybridized carbons (Fsp3) is 0.773. The zero-order valence-electron chi connectivity index (χ0n) is 17.9. The fourth-order valence-electron chi connectivity index (χ4n) is 2.49. The van der Waals surface area contributed by atoms with Crippen molar-refractivity contribution < 1.29 is 28.6 Å². The van der Waals surface area contributed by atoms with Crippen LogP contribution in [0.2, 0.25) is 0 Å². The van der Waals surface area contributed by atoms with E-state index in [0.29, 0.717) is 37.5 Å². The van der Waals surface area contributed by atoms with E-state index in [9.17, 15) is 14.4 Å². The zero-order valence-corrected chi connectivity index (χ0v) is 17.9. The van der Waals surface area contributed by atoms with Crippen molar-refractivity contribution in [1.29, 1.82) is 0 Å². The van der Waals surface area contributed by atoms with Crippen LogP contribution in [0.25, 0.3) is 0 Å². The third-order valence-corrected chi connectivity index (χ3v) is 4.42. The van der Waals surface area contributed by atoms with Crippen LogP contribution in [0.4, 0.5) is 0 Å². The van der Waals surface area contributed by atoms with Gasteiger partial charge in [0.2, 0.25) is 0 Å². The SMILES string of the molecule is C=C(C)C(=O)OCCCC(=O)OCCCCCC(=O)OCC(CC)CCCC. The Morgan fingerprint density at radius 3 is 2.11 bits per heavy atom. The van der Waals surface area contributed by atoms with Crippen molar-refractivity contribution in [2.24, 2.45) is 5.92 Å². The molecular weight excluding hydrogens is 360 g/mol. The lowest BCUT2D eigenvalue weighted by Gasteiger charge is -2.14. The molecule has 0 aliphatic rings. The highest BCUT2D eigenvalue weighted by molar-refractivity contribution is 5.86. The van der Waals surface area contributed by atoms with E-state index >= 15 is 0 Å². The first-order valence-corrected chi connectivity index (χ1v) is 10.5. The van der Waals surface area contributed by atoms with Crippen molar-refractivity contribution in [2.45, 2.75) is 85.0 Å². The van der Waals surface area contributed by atoms with Gasteiger partial charge in [0, 0.05) is 18.4 Å². The van der Waals surface area contributed by atoms with E-state index in [0.717, 1.165) is 38.5 Å². The van der Waals surface area contributed by atoms with Crippen LogP contribution in [0.3, 0.4) is 0 Å². The van der Waals surface area contributed by atoms with E-state index in [-0.39, 0.29) is 25.0 Å². The molecule has 0 saturated heterocycles. The van der Waals surface area contributed by atoms with Crippen LogP contribution >= 0.6 is 0 Å². The van der Waals surface area contributed by atoms with Crippen molar-refractivity contribution in [2.75, 3.05) is 19.8 Å². The summed E-state index contributed by atoms with van der Waals surface area (Å²) in [5.41, 5.74) is 0.341. The first-order valence-electron chi connectivity index (χ1n) is 10.5. The number of esters is 3. The van der Waals surface area contributed by atoms with Crippen LogP contribution in [-0.2, 0) is 28.6 Å². The molecule has 0 aromatic carbocycles. The fourth-order valence-corrected chi connectivity index (χ4v) is 2.49. The molecule has 0 spiro atoms. The summed E-state index contributed by atoms with van der Waals surface area (Å²) >= 11 is 0. The molecule has 0 aromatic heterocycles. The van der Waals surface area contributed by atoms with Crippen LogP contribution in [0.5, 0.6) is 0 Å². The Balaban J connectivity index is 3.57. The van der Waals surface area contributed by atoms with Gasteiger partial charge in [0.25, 0.3) is 0 Å². The van der Waals surface area contributed by atoms with Crippen molar-refractivity contribution in [3.63, 3.8) is 0 Å². The first-order chi connectivity index (χ1) is 13.4. The molecule has 1 unspecified atom stereocenters. The molecule has 0 aliphatic heterocycles. The third-order valence-electron chi connectivity index (χ3n) is 4.42. The van der Waals surface area contributed by atoms with Crippen LogP contribution in [0.1, 0.15) is 85.0 Å². The van der Waals surface area contributed by atoms with Crippen molar-refractivity contribution in [3.05, 3.63) is 12.2 Å². The predicted molar refractivity (Wildman–Crippen MR) is 109 cm³/mol. The average molecular weight is 399 g/mol. The molecule has 6 heteroatoms. The zero-order chi connectivity index (χ0) is 21.2. The molecule has 0 aliphatic carbocycles. The summed E-state index contributed by atoms with van der Waals surface area (Å²) in [7, 11) is 0. The van der Waals surface area contributed by atoms with Gasteiger partial charge in [0.1, 0.15) is 0 Å². The largest absolute Gasteiger partial charge is 0.466 e. The van der Waals surface area contributed by atoms with E-state index in [1.54, 1.807) is 6.92 Å². The highest BCUT2D eigenvalue weighted by Crippen LogP contribution is 2.13. The monoisotopic (exact) mass is 398 g/mol. The van der Waals surface area contributed by atoms with Crippen molar-refractivity contribution in [3.8, 4) is 0 Å². The van der Waals surface area contributed by atoms with E-state index in [1.807, 2.05) is 0 Å². The lowest BCUT2D eigenvalue weighted by atomic mass is 10.0. The number of hydrogen-bond donors (Lipinski definition) is 0. The van der Waals surface area contributed by atoms with Crippen LogP contribution in [0.15, 0.2) is 12.2 Å². The molecule has 0 fully saturated rings. The number of carbonyl (C=O) groups excluding carboxylic acids is 3. The molecule has 28 heavy (non-hydrogen) atoms. The van der Waals surface area contributed by atoms with Gasteiger partial charge in [-0.25, -0.2) is 4.79 Å². The predicted octanol–water partition coefficient (Wildman–Crippen LogP) is 4.75. The maximum Gasteiger partial charge on any atom is 0.333 e. The summed E-state index contributed by atoms with van der Waals surface area (Å²) in [6, 6.07) is 0. The average Bonchev–Trinajstić information content (AvgIpc) is 2.67. The summed E-state index contributed by atoms with van der Waals surface area (Å²) in [6.07, 6.45) is 7.81. The lowest BCUT2D eigenvalue weighted by molar-refractivity contribution is -0.146. The van der Waals surface area contributed by atoms with E-state index in [2.05, 4.69) is 20.4 Å². The minimum Gasteiger partial charge on any atom is -0.466 e. The second-order valence-corrected chi connectivity index (χ2v) is 7.15. The second-order valence-electron chi connectivity index (χ2n) is 7.15. The van der Waals surface area contributed by atoms with E-state index < -0.39 is 5.97 Å². The summed E-state index contributed by atoms with van der Waals surface area (Å²) in [6.45, 7) is 10.4. The molecule has 0 rings (SSSR count). The molecule has 6 nitrogen and oxygen atoms in total. The standard InChI is InChI=1S/C22H38O6/c1-5-7-12-19(6-2)17-28-21(24)13-9-8-10-15-26-20(23)14-11-16-27-22(25)18(3)4/h19H,3,5-17H2,1-2,4H3. The highest BCUT2D eigenvalue weighted by Gasteiger charge is 2.10. The molecule has 0 saturated carbocycles. The summed E-state index contributed by atoms with van der Waals surface area (Å²) < 4.78 is 15.4. The smallest absolute Gasteiger partial charge is 0.333 e. The molecule has 0 heterocycles. The van der Waals surface area contributed by atoms with Gasteiger partial charge in [-0.15, -0.1) is 0 Å². The van der Waals surface area contributed by atoms with E-state index in [1.165, 1.54) is 6.42 Å². The molecule has 0 bridgehead atoms. The number of ether oxygens (including phenoxy) is 3. The van der Waals surface area contributed by atoms with Gasteiger partial charge in [-0.05, 0) is 44.9 Å². The summed E-state index contributed by atoms with van der Waals surface area (Å²) in [5.74, 6) is -0.426. The molecule has 162 valence electrons. The maximum atomic E-state index is 11.8. The Morgan fingerprint density at radius 1 is 0.821 bits per heavy atom. The Labute approximate surface area is 170 Å². The minimum absolute atomic E-state index is 0.142. The first kappa shape index (κ1) is 26.1. The minimum atomic E-state index is -0.446. The van der Waals surface area contributed by atoms with E-state index in [4.69, 9.17) is 14.2 Å². The van der Waals surface area contributed by atoms with Gasteiger partial charge in [-0.1, -0.05) is 39.7 Å². The van der Waals surface area contributed by atoms with Gasteiger partial charge in [-0.3, -0.25) is 9.59 Å². The Kier molecular flexibility index (Phi) is 16.1. The van der Waals surface area contributed by atoms with Gasteiger partial charge < -0.3 is 14.2 Å². The van der Waals surface area contributed by atoms with Crippen LogP contribution in [0, 0.1) is 5.92 Å². The molecule has 0 radical (unpaired) electrons. The third kappa shape index (κ3) is 15.2. The van der Waals surface area contributed by atoms with Crippen LogP contribution < -0.4 is 0 Å². The van der Waals surface area contributed by atoms with Gasteiger partial charge >= 0.3 is 17.9 Å². The molecule has 0 aromatic rings. The Hall–Kier alpha value is -1.85. The summed E-state index contributed by atoms with van der Waals surface area (Å²) in [4.78, 5) is 34.5. The number of hydrogen-bond acceptors (Lipinski definition) is 6. The molecule has 0 amide bonds. The van der Waals surface area contributed by atoms with Crippen molar-refractivity contribution in [1.82, 2.24) is 0 Å². The van der Waals surface area contributed by atoms with Gasteiger partial charge in [-0.2, -0.15) is 0 Å². The Morgan fingerprint density at radius 2 is 1.46 bits per heavy atom. The second kappa shape index (κ2) is 17.3. The molecule has 0 N–H and O–H groups in total.